The van der Waals surface area contributed by atoms with Crippen molar-refractivity contribution < 1.29 is 4.74 Å². The van der Waals surface area contributed by atoms with Gasteiger partial charge < -0.3 is 10.5 Å². The minimum absolute atomic E-state index is 0. The van der Waals surface area contributed by atoms with E-state index in [1.54, 1.807) is 36.4 Å². The Morgan fingerprint density at radius 1 is 1.15 bits per heavy atom. The molecule has 0 saturated heterocycles. The number of hydrogen-bond acceptors (Lipinski definition) is 2. The Morgan fingerprint density at radius 2 is 1.90 bits per heavy atom. The first kappa shape index (κ1) is 16.6. The lowest BCUT2D eigenvalue weighted by atomic mass is 10.2. The van der Waals surface area contributed by atoms with Crippen molar-refractivity contribution in [1.29, 1.82) is 5.41 Å². The van der Waals surface area contributed by atoms with Gasteiger partial charge in [0.15, 0.2) is 0 Å². The van der Waals surface area contributed by atoms with Gasteiger partial charge in [-0.05, 0) is 24.3 Å². The lowest BCUT2D eigenvalue weighted by Gasteiger charge is -2.09. The fourth-order valence-corrected chi connectivity index (χ4v) is 2.02. The maximum atomic E-state index is 7.37. The molecule has 20 heavy (non-hydrogen) atoms. The van der Waals surface area contributed by atoms with Gasteiger partial charge in [-0.1, -0.05) is 41.4 Å². The molecular formula is C14H13Cl3N2O. The third-order valence-corrected chi connectivity index (χ3v) is 3.14. The molecule has 3 N–H and O–H groups in total. The maximum absolute atomic E-state index is 7.37. The van der Waals surface area contributed by atoms with E-state index in [-0.39, 0.29) is 18.2 Å². The van der Waals surface area contributed by atoms with Crippen LogP contribution in [0.2, 0.25) is 10.0 Å². The van der Waals surface area contributed by atoms with Crippen LogP contribution < -0.4 is 10.5 Å². The second-order valence-corrected chi connectivity index (χ2v) is 4.81. The zero-order valence-electron chi connectivity index (χ0n) is 10.4. The fraction of sp³-hybridized carbons (Fsp3) is 0.0714. The summed E-state index contributed by atoms with van der Waals surface area (Å²) in [5.41, 5.74) is 6.89. The molecule has 0 aliphatic heterocycles. The molecule has 0 radical (unpaired) electrons. The number of rotatable bonds is 4. The van der Waals surface area contributed by atoms with Crippen molar-refractivity contribution in [3.05, 3.63) is 63.6 Å². The van der Waals surface area contributed by atoms with Gasteiger partial charge in [0.05, 0.1) is 0 Å². The Balaban J connectivity index is 0.00000200. The number of benzene rings is 2. The van der Waals surface area contributed by atoms with Gasteiger partial charge in [-0.3, -0.25) is 5.41 Å². The molecule has 3 nitrogen and oxygen atoms in total. The van der Waals surface area contributed by atoms with Crippen molar-refractivity contribution in [3.63, 3.8) is 0 Å². The van der Waals surface area contributed by atoms with Gasteiger partial charge in [0.2, 0.25) is 0 Å². The molecule has 0 unspecified atom stereocenters. The molecule has 0 aliphatic rings. The number of amidine groups is 1. The van der Waals surface area contributed by atoms with Gasteiger partial charge in [0.25, 0.3) is 0 Å². The van der Waals surface area contributed by atoms with E-state index in [4.69, 9.17) is 39.1 Å². The second kappa shape index (κ2) is 7.39. The maximum Gasteiger partial charge on any atom is 0.122 e. The third-order valence-electron chi connectivity index (χ3n) is 2.55. The topological polar surface area (TPSA) is 59.1 Å². The summed E-state index contributed by atoms with van der Waals surface area (Å²) in [6.45, 7) is 0.331. The number of nitrogens with two attached hydrogens (primary N) is 1. The molecule has 0 bridgehead atoms. The van der Waals surface area contributed by atoms with E-state index in [2.05, 4.69) is 0 Å². The molecule has 0 saturated carbocycles. The summed E-state index contributed by atoms with van der Waals surface area (Å²) >= 11 is 11.9. The van der Waals surface area contributed by atoms with Gasteiger partial charge in [-0.2, -0.15) is 0 Å². The molecule has 0 aliphatic carbocycles. The van der Waals surface area contributed by atoms with Crippen LogP contribution in [0, 0.1) is 5.41 Å². The van der Waals surface area contributed by atoms with Crippen molar-refractivity contribution >= 4 is 41.4 Å². The lowest BCUT2D eigenvalue weighted by Crippen LogP contribution is -2.10. The molecule has 0 atom stereocenters. The normalized spacial score (nSPS) is 9.70. The highest BCUT2D eigenvalue weighted by atomic mass is 35.5. The minimum atomic E-state index is 0. The predicted molar refractivity (Wildman–Crippen MR) is 85.5 cm³/mol. The van der Waals surface area contributed by atoms with Crippen molar-refractivity contribution in [2.45, 2.75) is 6.61 Å². The van der Waals surface area contributed by atoms with Gasteiger partial charge in [0.1, 0.15) is 18.2 Å². The van der Waals surface area contributed by atoms with Crippen molar-refractivity contribution in [1.82, 2.24) is 0 Å². The van der Waals surface area contributed by atoms with Crippen LogP contribution in [0.5, 0.6) is 5.75 Å². The van der Waals surface area contributed by atoms with Crippen LogP contribution in [0.1, 0.15) is 11.1 Å². The van der Waals surface area contributed by atoms with Crippen molar-refractivity contribution in [2.24, 2.45) is 5.73 Å². The van der Waals surface area contributed by atoms with Crippen LogP contribution in [-0.4, -0.2) is 5.84 Å². The van der Waals surface area contributed by atoms with E-state index in [1.165, 1.54) is 0 Å². The Bertz CT molecular complexity index is 617. The summed E-state index contributed by atoms with van der Waals surface area (Å²) in [6.07, 6.45) is 0. The summed E-state index contributed by atoms with van der Waals surface area (Å²) in [7, 11) is 0. The smallest absolute Gasteiger partial charge is 0.122 e. The van der Waals surface area contributed by atoms with E-state index in [9.17, 15) is 0 Å². The lowest BCUT2D eigenvalue weighted by molar-refractivity contribution is 0.306. The minimum Gasteiger partial charge on any atom is -0.489 e. The zero-order valence-corrected chi connectivity index (χ0v) is 12.7. The summed E-state index contributed by atoms with van der Waals surface area (Å²) in [5, 5.41) is 8.53. The standard InChI is InChI=1S/C14H12Cl2N2O.ClH/c15-11-5-4-10(13(16)7-11)8-19-12-3-1-2-9(6-12)14(17)18;/h1-7H,8H2,(H3,17,18);1H. The van der Waals surface area contributed by atoms with E-state index < -0.39 is 0 Å². The number of hydrogen-bond donors (Lipinski definition) is 2. The summed E-state index contributed by atoms with van der Waals surface area (Å²) < 4.78 is 5.62. The summed E-state index contributed by atoms with van der Waals surface area (Å²) in [4.78, 5) is 0. The monoisotopic (exact) mass is 330 g/mol. The van der Waals surface area contributed by atoms with Crippen LogP contribution in [0.4, 0.5) is 0 Å². The first-order valence-electron chi connectivity index (χ1n) is 5.57. The van der Waals surface area contributed by atoms with Crippen LogP contribution in [0.15, 0.2) is 42.5 Å². The zero-order chi connectivity index (χ0) is 13.8. The summed E-state index contributed by atoms with van der Waals surface area (Å²) in [5.74, 6) is 0.647. The third kappa shape index (κ3) is 4.30. The molecule has 2 aromatic carbocycles. The van der Waals surface area contributed by atoms with Gasteiger partial charge in [-0.25, -0.2) is 0 Å². The molecular weight excluding hydrogens is 319 g/mol. The van der Waals surface area contributed by atoms with E-state index >= 15 is 0 Å². The van der Waals surface area contributed by atoms with Crippen molar-refractivity contribution in [3.8, 4) is 5.75 Å². The van der Waals surface area contributed by atoms with Crippen LogP contribution in [0.25, 0.3) is 0 Å². The fourth-order valence-electron chi connectivity index (χ4n) is 1.55. The molecule has 0 heterocycles. The Kier molecular flexibility index (Phi) is 6.14. The molecule has 6 heteroatoms. The highest BCUT2D eigenvalue weighted by molar-refractivity contribution is 6.35. The Labute approximate surface area is 133 Å². The molecule has 0 amide bonds. The predicted octanol–water partition coefficient (Wildman–Crippen LogP) is 4.28. The van der Waals surface area contributed by atoms with E-state index in [0.717, 1.165) is 5.56 Å². The SMILES string of the molecule is Cl.N=C(N)c1cccc(OCc2ccc(Cl)cc2Cl)c1. The number of halogens is 3. The molecule has 0 aromatic heterocycles. The number of nitrogens with one attached hydrogen (secondary N) is 1. The molecule has 0 fully saturated rings. The van der Waals surface area contributed by atoms with Crippen LogP contribution in [-0.2, 0) is 6.61 Å². The van der Waals surface area contributed by atoms with Crippen LogP contribution >= 0.6 is 35.6 Å². The average Bonchev–Trinajstić information content (AvgIpc) is 2.38. The Morgan fingerprint density at radius 3 is 2.55 bits per heavy atom. The number of nitrogen functional groups attached to an aromatic ring is 1. The van der Waals surface area contributed by atoms with E-state index in [1.807, 2.05) is 6.07 Å². The second-order valence-electron chi connectivity index (χ2n) is 3.97. The molecule has 2 rings (SSSR count). The van der Waals surface area contributed by atoms with Gasteiger partial charge in [0, 0.05) is 21.2 Å². The molecule has 0 spiro atoms. The average molecular weight is 332 g/mol. The first-order valence-corrected chi connectivity index (χ1v) is 6.33. The summed E-state index contributed by atoms with van der Waals surface area (Å²) in [6, 6.07) is 12.3. The van der Waals surface area contributed by atoms with Crippen molar-refractivity contribution in [2.75, 3.05) is 0 Å². The molecule has 106 valence electrons. The van der Waals surface area contributed by atoms with Crippen LogP contribution in [0.3, 0.4) is 0 Å². The highest BCUT2D eigenvalue weighted by Crippen LogP contribution is 2.23. The van der Waals surface area contributed by atoms with E-state index in [0.29, 0.717) is 28.0 Å². The van der Waals surface area contributed by atoms with Gasteiger partial charge in [-0.15, -0.1) is 12.4 Å². The largest absolute Gasteiger partial charge is 0.489 e. The van der Waals surface area contributed by atoms with Gasteiger partial charge >= 0.3 is 0 Å². The number of ether oxygens (including phenoxy) is 1. The Hall–Kier alpha value is -1.42. The molecule has 2 aromatic rings. The first-order chi connectivity index (χ1) is 9.06. The highest BCUT2D eigenvalue weighted by Gasteiger charge is 2.04. The quantitative estimate of drug-likeness (QED) is 0.649.